The molecule has 21 heavy (non-hydrogen) atoms. The highest BCUT2D eigenvalue weighted by Crippen LogP contribution is 2.21. The van der Waals surface area contributed by atoms with E-state index in [1.807, 2.05) is 13.0 Å². The van der Waals surface area contributed by atoms with Crippen LogP contribution in [0, 0.1) is 12.8 Å². The Bertz CT molecular complexity index is 495. The lowest BCUT2D eigenvalue weighted by atomic mass is 9.98. The summed E-state index contributed by atoms with van der Waals surface area (Å²) in [7, 11) is 0. The molecule has 0 bridgehead atoms. The quantitative estimate of drug-likeness (QED) is 0.866. The Balaban J connectivity index is 2.22. The summed E-state index contributed by atoms with van der Waals surface area (Å²) in [5, 5.41) is 3.45. The van der Waals surface area contributed by atoms with E-state index >= 15 is 0 Å². The van der Waals surface area contributed by atoms with E-state index in [1.165, 1.54) is 12.8 Å². The van der Waals surface area contributed by atoms with Gasteiger partial charge in [0.25, 0.3) is 0 Å². The molecule has 0 aliphatic carbocycles. The van der Waals surface area contributed by atoms with Crippen LogP contribution in [-0.2, 0) is 0 Å². The first-order valence-electron chi connectivity index (χ1n) is 7.73. The van der Waals surface area contributed by atoms with E-state index in [2.05, 4.69) is 29.0 Å². The number of carbonyl (C=O) groups excluding carboxylic acids is 1. The second-order valence-electron chi connectivity index (χ2n) is 6.18. The van der Waals surface area contributed by atoms with Gasteiger partial charge in [0.15, 0.2) is 0 Å². The van der Waals surface area contributed by atoms with Gasteiger partial charge in [-0.15, -0.1) is 0 Å². The zero-order valence-corrected chi connectivity index (χ0v) is 13.2. The van der Waals surface area contributed by atoms with Crippen LogP contribution in [-0.4, -0.2) is 36.6 Å². The van der Waals surface area contributed by atoms with Crippen molar-refractivity contribution in [2.45, 2.75) is 39.7 Å². The molecule has 1 aromatic rings. The molecule has 1 aromatic heterocycles. The fourth-order valence-electron chi connectivity index (χ4n) is 2.87. The van der Waals surface area contributed by atoms with Gasteiger partial charge in [-0.2, -0.15) is 0 Å². The molecule has 5 nitrogen and oxygen atoms in total. The Morgan fingerprint density at radius 3 is 2.86 bits per heavy atom. The van der Waals surface area contributed by atoms with E-state index in [-0.39, 0.29) is 0 Å². The van der Waals surface area contributed by atoms with Crippen molar-refractivity contribution in [3.8, 4) is 0 Å². The molecule has 1 atom stereocenters. The minimum atomic E-state index is -0.398. The molecule has 1 unspecified atom stereocenters. The van der Waals surface area contributed by atoms with Gasteiger partial charge in [-0.3, -0.25) is 4.79 Å². The number of nitrogens with zero attached hydrogens (tertiary/aromatic N) is 2. The summed E-state index contributed by atoms with van der Waals surface area (Å²) in [5.41, 5.74) is 6.78. The standard InChI is InChI=1S/C16H26N4O/c1-11(2)20(10-13-5-4-6-18-9-13)15-8-14(16(17)21)7-12(3)19-15/h7-8,11,13,18H,4-6,9-10H2,1-3H3,(H2,17,21). The average Bonchev–Trinajstić information content (AvgIpc) is 2.44. The number of hydrogen-bond donors (Lipinski definition) is 2. The number of hydrogen-bond acceptors (Lipinski definition) is 4. The number of anilines is 1. The molecule has 1 fully saturated rings. The van der Waals surface area contributed by atoms with E-state index in [1.54, 1.807) is 6.07 Å². The Hall–Kier alpha value is -1.62. The Labute approximate surface area is 126 Å². The number of nitrogens with two attached hydrogens (primary N) is 1. The number of piperidine rings is 1. The van der Waals surface area contributed by atoms with Gasteiger partial charge in [0.05, 0.1) is 0 Å². The highest BCUT2D eigenvalue weighted by atomic mass is 16.1. The third-order valence-corrected chi connectivity index (χ3v) is 4.00. The van der Waals surface area contributed by atoms with Crippen molar-refractivity contribution in [3.05, 3.63) is 23.4 Å². The molecule has 0 radical (unpaired) electrons. The summed E-state index contributed by atoms with van der Waals surface area (Å²) in [5.74, 6) is 1.08. The normalized spacial score (nSPS) is 18.8. The number of carbonyl (C=O) groups is 1. The van der Waals surface area contributed by atoms with E-state index < -0.39 is 5.91 Å². The first-order chi connectivity index (χ1) is 9.97. The van der Waals surface area contributed by atoms with Crippen molar-refractivity contribution in [1.29, 1.82) is 0 Å². The minimum Gasteiger partial charge on any atom is -0.366 e. The monoisotopic (exact) mass is 290 g/mol. The summed E-state index contributed by atoms with van der Waals surface area (Å²) in [6, 6.07) is 3.89. The molecule has 2 rings (SSSR count). The van der Waals surface area contributed by atoms with Gasteiger partial charge in [0.1, 0.15) is 5.82 Å². The van der Waals surface area contributed by atoms with E-state index in [0.717, 1.165) is 31.1 Å². The van der Waals surface area contributed by atoms with Crippen LogP contribution in [0.25, 0.3) is 0 Å². The van der Waals surface area contributed by atoms with Crippen LogP contribution < -0.4 is 16.0 Å². The summed E-state index contributed by atoms with van der Waals surface area (Å²) in [6.45, 7) is 9.34. The van der Waals surface area contributed by atoms with E-state index in [9.17, 15) is 4.79 Å². The van der Waals surface area contributed by atoms with Crippen molar-refractivity contribution in [2.75, 3.05) is 24.5 Å². The molecule has 3 N–H and O–H groups in total. The highest BCUT2D eigenvalue weighted by molar-refractivity contribution is 5.93. The van der Waals surface area contributed by atoms with Crippen LogP contribution in [0.5, 0.6) is 0 Å². The fraction of sp³-hybridized carbons (Fsp3) is 0.625. The van der Waals surface area contributed by atoms with Crippen LogP contribution in [0.1, 0.15) is 42.7 Å². The van der Waals surface area contributed by atoms with Gasteiger partial charge in [-0.25, -0.2) is 4.98 Å². The maximum Gasteiger partial charge on any atom is 0.248 e. The lowest BCUT2D eigenvalue weighted by Gasteiger charge is -2.34. The van der Waals surface area contributed by atoms with Crippen LogP contribution in [0.15, 0.2) is 12.1 Å². The Morgan fingerprint density at radius 2 is 2.29 bits per heavy atom. The number of amides is 1. The van der Waals surface area contributed by atoms with Crippen molar-refractivity contribution >= 4 is 11.7 Å². The maximum absolute atomic E-state index is 11.5. The molecule has 1 aliphatic heterocycles. The number of nitrogens with one attached hydrogen (secondary N) is 1. The number of aryl methyl sites for hydroxylation is 1. The number of pyridine rings is 1. The highest BCUT2D eigenvalue weighted by Gasteiger charge is 2.21. The molecule has 0 saturated carbocycles. The SMILES string of the molecule is Cc1cc(C(N)=O)cc(N(CC2CCCNC2)C(C)C)n1. The third kappa shape index (κ3) is 4.17. The minimum absolute atomic E-state index is 0.335. The summed E-state index contributed by atoms with van der Waals surface area (Å²) in [6.07, 6.45) is 2.47. The topological polar surface area (TPSA) is 71.2 Å². The van der Waals surface area contributed by atoms with Crippen molar-refractivity contribution < 1.29 is 4.79 Å². The van der Waals surface area contributed by atoms with Gasteiger partial charge >= 0.3 is 0 Å². The van der Waals surface area contributed by atoms with Crippen LogP contribution in [0.2, 0.25) is 0 Å². The Kier molecular flexibility index (Phi) is 5.17. The average molecular weight is 290 g/mol. The van der Waals surface area contributed by atoms with Gasteiger partial charge in [0.2, 0.25) is 5.91 Å². The first-order valence-corrected chi connectivity index (χ1v) is 7.73. The predicted molar refractivity (Wildman–Crippen MR) is 85.6 cm³/mol. The van der Waals surface area contributed by atoms with Crippen LogP contribution in [0.3, 0.4) is 0 Å². The molecular weight excluding hydrogens is 264 g/mol. The van der Waals surface area contributed by atoms with Gasteiger partial charge in [-0.1, -0.05) is 0 Å². The molecule has 5 heteroatoms. The summed E-state index contributed by atoms with van der Waals surface area (Å²) in [4.78, 5) is 18.3. The number of aromatic nitrogens is 1. The molecule has 1 aliphatic rings. The maximum atomic E-state index is 11.5. The van der Waals surface area contributed by atoms with Crippen LogP contribution in [0.4, 0.5) is 5.82 Å². The number of rotatable bonds is 5. The van der Waals surface area contributed by atoms with Gasteiger partial charge in [-0.05, 0) is 64.8 Å². The van der Waals surface area contributed by atoms with Crippen molar-refractivity contribution in [2.24, 2.45) is 11.7 Å². The van der Waals surface area contributed by atoms with Crippen LogP contribution >= 0.6 is 0 Å². The predicted octanol–water partition coefficient (Wildman–Crippen LogP) is 1.70. The molecule has 116 valence electrons. The molecule has 1 saturated heterocycles. The zero-order valence-electron chi connectivity index (χ0n) is 13.2. The first kappa shape index (κ1) is 15.8. The lowest BCUT2D eigenvalue weighted by molar-refractivity contribution is 0.1000. The summed E-state index contributed by atoms with van der Waals surface area (Å²) < 4.78 is 0. The van der Waals surface area contributed by atoms with Gasteiger partial charge < -0.3 is 16.0 Å². The fourth-order valence-corrected chi connectivity index (χ4v) is 2.87. The van der Waals surface area contributed by atoms with E-state index in [0.29, 0.717) is 17.5 Å². The van der Waals surface area contributed by atoms with Crippen molar-refractivity contribution in [1.82, 2.24) is 10.3 Å². The molecule has 1 amide bonds. The largest absolute Gasteiger partial charge is 0.366 e. The second kappa shape index (κ2) is 6.89. The summed E-state index contributed by atoms with van der Waals surface area (Å²) >= 11 is 0. The Morgan fingerprint density at radius 1 is 1.52 bits per heavy atom. The molecular formula is C16H26N4O. The molecule has 2 heterocycles. The number of primary amides is 1. The lowest BCUT2D eigenvalue weighted by Crippen LogP contribution is -2.41. The second-order valence-corrected chi connectivity index (χ2v) is 6.18. The van der Waals surface area contributed by atoms with Gasteiger partial charge in [0, 0.05) is 23.8 Å². The van der Waals surface area contributed by atoms with Crippen molar-refractivity contribution in [3.63, 3.8) is 0 Å². The smallest absolute Gasteiger partial charge is 0.248 e. The molecule has 0 aromatic carbocycles. The van der Waals surface area contributed by atoms with E-state index in [4.69, 9.17) is 5.73 Å². The third-order valence-electron chi connectivity index (χ3n) is 4.00. The zero-order chi connectivity index (χ0) is 15.4. The molecule has 0 spiro atoms.